The van der Waals surface area contributed by atoms with Crippen molar-refractivity contribution in [3.8, 4) is 6.07 Å². The fourth-order valence-electron chi connectivity index (χ4n) is 3.36. The van der Waals surface area contributed by atoms with Gasteiger partial charge in [-0.15, -0.1) is 0 Å². The minimum absolute atomic E-state index is 0.112. The van der Waals surface area contributed by atoms with Gasteiger partial charge in [0.2, 0.25) is 0 Å². The number of nitriles is 1. The Bertz CT molecular complexity index is 1130. The van der Waals surface area contributed by atoms with Crippen LogP contribution in [0.1, 0.15) is 21.5 Å². The van der Waals surface area contributed by atoms with E-state index in [0.29, 0.717) is 37.4 Å². The summed E-state index contributed by atoms with van der Waals surface area (Å²) in [6, 6.07) is 14.5. The molecule has 2 aromatic carbocycles. The van der Waals surface area contributed by atoms with E-state index in [9.17, 15) is 19.2 Å². The lowest BCUT2D eigenvalue weighted by Crippen LogP contribution is -2.41. The van der Waals surface area contributed by atoms with Crippen molar-refractivity contribution in [3.63, 3.8) is 0 Å². The zero-order valence-corrected chi connectivity index (χ0v) is 15.9. The Morgan fingerprint density at radius 2 is 1.73 bits per heavy atom. The molecule has 1 fully saturated rings. The Kier molecular flexibility index (Phi) is 5.37. The van der Waals surface area contributed by atoms with Crippen molar-refractivity contribution >= 4 is 23.3 Å². The summed E-state index contributed by atoms with van der Waals surface area (Å²) in [5, 5.41) is 12.3. The third kappa shape index (κ3) is 3.58. The van der Waals surface area contributed by atoms with Crippen molar-refractivity contribution in [3.05, 3.63) is 76.6 Å². The van der Waals surface area contributed by atoms with Crippen LogP contribution in [0.2, 0.25) is 0 Å². The molecule has 0 saturated carbocycles. The smallest absolute Gasteiger partial charge is 0.266 e. The maximum atomic E-state index is 14.0. The van der Waals surface area contributed by atoms with E-state index in [-0.39, 0.29) is 22.7 Å². The molecule has 0 aliphatic carbocycles. The Hall–Kier alpha value is -3.83. The van der Waals surface area contributed by atoms with E-state index in [1.165, 1.54) is 18.2 Å². The molecule has 7 nitrogen and oxygen atoms in total. The molecule has 0 spiro atoms. The number of amidine groups is 1. The molecule has 0 unspecified atom stereocenters. The van der Waals surface area contributed by atoms with Crippen molar-refractivity contribution in [1.29, 1.82) is 5.26 Å². The van der Waals surface area contributed by atoms with Crippen molar-refractivity contribution in [2.24, 2.45) is 4.99 Å². The predicted octanol–water partition coefficient (Wildman–Crippen LogP) is 2.11. The number of rotatable bonds is 2. The predicted molar refractivity (Wildman–Crippen MR) is 107 cm³/mol. The van der Waals surface area contributed by atoms with Crippen molar-refractivity contribution in [2.75, 3.05) is 26.3 Å². The number of carbonyl (C=O) groups is 2. The lowest BCUT2D eigenvalue weighted by Gasteiger charge is -2.26. The summed E-state index contributed by atoms with van der Waals surface area (Å²) in [6.07, 6.45) is 0. The third-order valence-corrected chi connectivity index (χ3v) is 4.87. The summed E-state index contributed by atoms with van der Waals surface area (Å²) in [5.41, 5.74) is 1.06. The van der Waals surface area contributed by atoms with Gasteiger partial charge in [-0.25, -0.2) is 9.38 Å². The number of hydrogen-bond donors (Lipinski definition) is 1. The van der Waals surface area contributed by atoms with Gasteiger partial charge in [-0.1, -0.05) is 36.4 Å². The number of ether oxygens (including phenoxy) is 1. The van der Waals surface area contributed by atoms with Gasteiger partial charge in [-0.3, -0.25) is 9.59 Å². The van der Waals surface area contributed by atoms with Crippen LogP contribution in [0.4, 0.5) is 4.39 Å². The Morgan fingerprint density at radius 3 is 2.43 bits per heavy atom. The van der Waals surface area contributed by atoms with Gasteiger partial charge in [-0.05, 0) is 12.1 Å². The maximum absolute atomic E-state index is 14.0. The van der Waals surface area contributed by atoms with E-state index in [2.05, 4.69) is 10.3 Å². The Balaban J connectivity index is 1.72. The molecule has 1 N–H and O–H groups in total. The van der Waals surface area contributed by atoms with Crippen LogP contribution in [0.15, 0.2) is 59.1 Å². The summed E-state index contributed by atoms with van der Waals surface area (Å²) in [7, 11) is 0. The van der Waals surface area contributed by atoms with Gasteiger partial charge in [0.05, 0.1) is 24.5 Å². The van der Waals surface area contributed by atoms with Crippen LogP contribution < -0.4 is 5.32 Å². The zero-order chi connectivity index (χ0) is 21.1. The average molecular weight is 404 g/mol. The van der Waals surface area contributed by atoms with Crippen LogP contribution >= 0.6 is 0 Å². The second-order valence-electron chi connectivity index (χ2n) is 6.68. The van der Waals surface area contributed by atoms with E-state index in [0.717, 1.165) is 0 Å². The number of amides is 2. The molecule has 0 aromatic heterocycles. The summed E-state index contributed by atoms with van der Waals surface area (Å²) in [5.74, 6) is -1.59. The molecule has 4 rings (SSSR count). The van der Waals surface area contributed by atoms with Crippen LogP contribution in [0.5, 0.6) is 0 Å². The first-order chi connectivity index (χ1) is 14.6. The van der Waals surface area contributed by atoms with Crippen LogP contribution in [-0.2, 0) is 9.53 Å². The summed E-state index contributed by atoms with van der Waals surface area (Å²) < 4.78 is 19.2. The molecule has 150 valence electrons. The fraction of sp³-hybridized carbons (Fsp3) is 0.182. The number of benzene rings is 2. The topological polar surface area (TPSA) is 94.8 Å². The van der Waals surface area contributed by atoms with E-state index >= 15 is 0 Å². The van der Waals surface area contributed by atoms with Crippen molar-refractivity contribution in [1.82, 2.24) is 10.2 Å². The van der Waals surface area contributed by atoms with Gasteiger partial charge in [-0.2, -0.15) is 5.26 Å². The first-order valence-corrected chi connectivity index (χ1v) is 9.36. The van der Waals surface area contributed by atoms with E-state index in [4.69, 9.17) is 4.74 Å². The third-order valence-electron chi connectivity index (χ3n) is 4.87. The van der Waals surface area contributed by atoms with Crippen LogP contribution in [0.25, 0.3) is 5.70 Å². The second-order valence-corrected chi connectivity index (χ2v) is 6.68. The highest BCUT2D eigenvalue weighted by Crippen LogP contribution is 2.31. The van der Waals surface area contributed by atoms with Crippen LogP contribution in [-0.4, -0.2) is 48.9 Å². The second kappa shape index (κ2) is 8.27. The molecule has 0 radical (unpaired) electrons. The molecule has 2 amide bonds. The number of fused-ring (bicyclic) bond motifs is 1. The first kappa shape index (κ1) is 19.5. The molecule has 2 aliphatic rings. The number of carbonyl (C=O) groups excluding carboxylic acids is 2. The lowest BCUT2D eigenvalue weighted by atomic mass is 10.0. The van der Waals surface area contributed by atoms with E-state index in [1.807, 2.05) is 6.07 Å². The Morgan fingerprint density at radius 1 is 1.07 bits per heavy atom. The number of hydrogen-bond acceptors (Lipinski definition) is 5. The van der Waals surface area contributed by atoms with E-state index in [1.54, 1.807) is 35.2 Å². The minimum atomic E-state index is -0.666. The molecule has 0 atom stereocenters. The fourth-order valence-corrected chi connectivity index (χ4v) is 3.36. The standard InChI is InChI=1S/C22H17FN4O3/c23-18-8-4-3-7-16(18)21(28)26-20-15-6-2-1-5-14(15)19(25-20)17(13-24)22(29)27-9-11-30-12-10-27/h1-8H,9-12H2,(H,25,26,28). The lowest BCUT2D eigenvalue weighted by molar-refractivity contribution is -0.130. The van der Waals surface area contributed by atoms with Crippen LogP contribution in [0.3, 0.4) is 0 Å². The zero-order valence-electron chi connectivity index (χ0n) is 15.9. The highest BCUT2D eigenvalue weighted by molar-refractivity contribution is 6.20. The minimum Gasteiger partial charge on any atom is -0.378 e. The number of aliphatic imine (C=N–C) groups is 1. The average Bonchev–Trinajstić information content (AvgIpc) is 3.13. The summed E-state index contributed by atoms with van der Waals surface area (Å²) in [4.78, 5) is 31.4. The molecule has 30 heavy (non-hydrogen) atoms. The molecule has 2 heterocycles. The molecule has 8 heteroatoms. The maximum Gasteiger partial charge on any atom is 0.266 e. The van der Waals surface area contributed by atoms with Gasteiger partial charge in [0, 0.05) is 24.2 Å². The monoisotopic (exact) mass is 404 g/mol. The number of nitrogens with one attached hydrogen (secondary N) is 1. The van der Waals surface area contributed by atoms with Crippen LogP contribution in [0, 0.1) is 17.1 Å². The van der Waals surface area contributed by atoms with Gasteiger partial charge in [0.1, 0.15) is 23.3 Å². The quantitative estimate of drug-likeness (QED) is 0.613. The van der Waals surface area contributed by atoms with Crippen molar-refractivity contribution in [2.45, 2.75) is 0 Å². The van der Waals surface area contributed by atoms with Gasteiger partial charge in [0.15, 0.2) is 0 Å². The van der Waals surface area contributed by atoms with Crippen molar-refractivity contribution < 1.29 is 18.7 Å². The first-order valence-electron chi connectivity index (χ1n) is 9.36. The number of morpholine rings is 1. The normalized spacial score (nSPS) is 16.9. The number of halogens is 1. The largest absolute Gasteiger partial charge is 0.378 e. The molecule has 0 bridgehead atoms. The SMILES string of the molecule is N#CC(C(=O)N1CCOCC1)=C1N=C(NC(=O)c2ccccc2F)c2ccccc21. The molecule has 2 aromatic rings. The molecule has 1 saturated heterocycles. The summed E-state index contributed by atoms with van der Waals surface area (Å²) in [6.45, 7) is 1.59. The molecular formula is C22H17FN4O3. The molecule has 2 aliphatic heterocycles. The summed E-state index contributed by atoms with van der Waals surface area (Å²) >= 11 is 0. The highest BCUT2D eigenvalue weighted by atomic mass is 19.1. The number of nitrogens with zero attached hydrogens (tertiary/aromatic N) is 3. The molecular weight excluding hydrogens is 387 g/mol. The van der Waals surface area contributed by atoms with Gasteiger partial charge in [0.25, 0.3) is 11.8 Å². The highest BCUT2D eigenvalue weighted by Gasteiger charge is 2.30. The van der Waals surface area contributed by atoms with E-state index < -0.39 is 17.6 Å². The van der Waals surface area contributed by atoms with Gasteiger partial charge < -0.3 is 15.0 Å². The van der Waals surface area contributed by atoms with Gasteiger partial charge >= 0.3 is 0 Å². The Labute approximate surface area is 172 Å².